The van der Waals surface area contributed by atoms with Gasteiger partial charge in [-0.3, -0.25) is 18.6 Å². The molecular formula is C40H78NO8P. The second-order valence-corrected chi connectivity index (χ2v) is 15.4. The summed E-state index contributed by atoms with van der Waals surface area (Å²) in [5.74, 6) is -0.520. The molecule has 2 atom stereocenters. The second-order valence-electron chi connectivity index (χ2n) is 14.0. The molecule has 296 valence electrons. The molecule has 0 bridgehead atoms. The first-order valence-electron chi connectivity index (χ1n) is 20.7. The number of hydrogen-bond acceptors (Lipinski definition) is 7. The number of ether oxygens (including phenoxy) is 1. The molecule has 50 heavy (non-hydrogen) atoms. The number of aliphatic hydroxyl groups is 1. The van der Waals surface area contributed by atoms with E-state index in [1.54, 1.807) is 0 Å². The van der Waals surface area contributed by atoms with E-state index in [0.717, 1.165) is 51.4 Å². The number of aliphatic hydroxyl groups excluding tert-OH is 1. The van der Waals surface area contributed by atoms with Gasteiger partial charge in [0.25, 0.3) is 0 Å². The third-order valence-electron chi connectivity index (χ3n) is 8.95. The van der Waals surface area contributed by atoms with Crippen molar-refractivity contribution in [1.29, 1.82) is 0 Å². The first-order chi connectivity index (χ1) is 24.3. The van der Waals surface area contributed by atoms with Crippen LogP contribution in [-0.2, 0) is 27.9 Å². The molecule has 1 amide bonds. The van der Waals surface area contributed by atoms with Gasteiger partial charge in [-0.2, -0.15) is 0 Å². The van der Waals surface area contributed by atoms with Crippen molar-refractivity contribution in [3.05, 3.63) is 12.2 Å². The van der Waals surface area contributed by atoms with E-state index in [2.05, 4.69) is 31.3 Å². The van der Waals surface area contributed by atoms with Gasteiger partial charge in [0.1, 0.15) is 12.7 Å². The predicted molar refractivity (Wildman–Crippen MR) is 206 cm³/mol. The molecule has 0 saturated carbocycles. The number of hydrogen-bond donors (Lipinski definition) is 3. The van der Waals surface area contributed by atoms with E-state index in [-0.39, 0.29) is 32.1 Å². The number of phosphoric ester groups is 1. The number of rotatable bonds is 39. The topological polar surface area (TPSA) is 131 Å². The highest BCUT2D eigenvalue weighted by Gasteiger charge is 2.23. The number of phosphoric acid groups is 1. The summed E-state index contributed by atoms with van der Waals surface area (Å²) in [6.45, 7) is 3.52. The Morgan fingerprint density at radius 3 is 1.56 bits per heavy atom. The third-order valence-corrected chi connectivity index (χ3v) is 9.93. The highest BCUT2D eigenvalue weighted by molar-refractivity contribution is 7.47. The summed E-state index contributed by atoms with van der Waals surface area (Å²) in [6.07, 6.45) is 37.1. The van der Waals surface area contributed by atoms with Gasteiger partial charge in [0.05, 0.1) is 13.2 Å². The van der Waals surface area contributed by atoms with Gasteiger partial charge in [0.2, 0.25) is 5.91 Å². The summed E-state index contributed by atoms with van der Waals surface area (Å²) >= 11 is 0. The average Bonchev–Trinajstić information content (AvgIpc) is 3.10. The number of amides is 1. The van der Waals surface area contributed by atoms with Crippen LogP contribution in [0.5, 0.6) is 0 Å². The predicted octanol–water partition coefficient (Wildman–Crippen LogP) is 11.0. The van der Waals surface area contributed by atoms with Crippen LogP contribution in [0.4, 0.5) is 0 Å². The Morgan fingerprint density at radius 1 is 0.600 bits per heavy atom. The van der Waals surface area contributed by atoms with E-state index < -0.39 is 26.5 Å². The van der Waals surface area contributed by atoms with Crippen LogP contribution in [0.25, 0.3) is 0 Å². The molecule has 2 unspecified atom stereocenters. The maximum atomic E-state index is 12.1. The molecule has 3 N–H and O–H groups in total. The Balaban J connectivity index is 3.57. The number of allylic oxidation sites excluding steroid dienone is 2. The molecule has 0 aromatic carbocycles. The summed E-state index contributed by atoms with van der Waals surface area (Å²) in [4.78, 5) is 33.8. The van der Waals surface area contributed by atoms with Crippen molar-refractivity contribution >= 4 is 19.7 Å². The lowest BCUT2D eigenvalue weighted by atomic mass is 10.0. The smallest absolute Gasteiger partial charge is 0.463 e. The summed E-state index contributed by atoms with van der Waals surface area (Å²) in [5, 5.41) is 12.7. The van der Waals surface area contributed by atoms with Crippen molar-refractivity contribution in [3.63, 3.8) is 0 Å². The summed E-state index contributed by atoms with van der Waals surface area (Å²) in [5.41, 5.74) is 0. The van der Waals surface area contributed by atoms with Crippen LogP contribution in [-0.4, -0.2) is 54.3 Å². The first kappa shape index (κ1) is 48.8. The minimum Gasteiger partial charge on any atom is -0.463 e. The van der Waals surface area contributed by atoms with Crippen LogP contribution in [0.15, 0.2) is 12.2 Å². The SMILES string of the molecule is CCCC/C=C\CCCCCCCC(=O)NCCOP(=O)(O)OCC(O)COC(=O)CCCCCCCCCCCCCCCCCCCC. The average molecular weight is 732 g/mol. The quantitative estimate of drug-likeness (QED) is 0.0246. The van der Waals surface area contributed by atoms with Crippen LogP contribution >= 0.6 is 7.82 Å². The minimum absolute atomic E-state index is 0.0801. The normalized spacial score (nSPS) is 13.4. The zero-order chi connectivity index (χ0) is 36.8. The monoisotopic (exact) mass is 732 g/mol. The molecule has 0 saturated heterocycles. The molecular weight excluding hydrogens is 653 g/mol. The minimum atomic E-state index is -4.41. The molecule has 0 aliphatic carbocycles. The van der Waals surface area contributed by atoms with E-state index in [1.165, 1.54) is 122 Å². The maximum absolute atomic E-state index is 12.1. The lowest BCUT2D eigenvalue weighted by molar-refractivity contribution is -0.147. The maximum Gasteiger partial charge on any atom is 0.472 e. The van der Waals surface area contributed by atoms with Crippen molar-refractivity contribution in [1.82, 2.24) is 5.32 Å². The molecule has 10 heteroatoms. The van der Waals surface area contributed by atoms with E-state index >= 15 is 0 Å². The molecule has 0 aliphatic rings. The molecule has 0 aromatic heterocycles. The molecule has 0 spiro atoms. The zero-order valence-corrected chi connectivity index (χ0v) is 33.3. The van der Waals surface area contributed by atoms with E-state index in [0.29, 0.717) is 6.42 Å². The Kier molecular flexibility index (Phi) is 36.6. The standard InChI is InChI=1S/C40H78NO8P/c1-3-5-7-9-11-13-15-16-17-18-19-20-21-23-25-27-29-31-33-40(44)47-36-38(42)37-49-50(45,46)48-35-34-41-39(43)32-30-28-26-24-22-14-12-10-8-6-4-2/h10,12,38,42H,3-9,11,13-37H2,1-2H3,(H,41,43)(H,45,46)/b12-10-. The van der Waals surface area contributed by atoms with Crippen molar-refractivity contribution in [2.75, 3.05) is 26.4 Å². The lowest BCUT2D eigenvalue weighted by Gasteiger charge is -2.15. The second kappa shape index (κ2) is 37.5. The van der Waals surface area contributed by atoms with Crippen LogP contribution in [0.1, 0.15) is 200 Å². The zero-order valence-electron chi connectivity index (χ0n) is 32.4. The molecule has 0 aromatic rings. The molecule has 0 heterocycles. The number of nitrogens with one attached hydrogen (secondary N) is 1. The fourth-order valence-electron chi connectivity index (χ4n) is 5.77. The summed E-state index contributed by atoms with van der Waals surface area (Å²) in [7, 11) is -4.41. The Hall–Kier alpha value is -1.25. The highest BCUT2D eigenvalue weighted by atomic mass is 31.2. The van der Waals surface area contributed by atoms with Crippen molar-refractivity contribution in [3.8, 4) is 0 Å². The lowest BCUT2D eigenvalue weighted by Crippen LogP contribution is -2.27. The van der Waals surface area contributed by atoms with Gasteiger partial charge in [-0.25, -0.2) is 4.57 Å². The van der Waals surface area contributed by atoms with Gasteiger partial charge in [-0.05, 0) is 32.1 Å². The molecule has 0 rings (SSSR count). The van der Waals surface area contributed by atoms with Crippen molar-refractivity contribution in [2.45, 2.75) is 206 Å². The Morgan fingerprint density at radius 2 is 1.04 bits per heavy atom. The number of carbonyl (C=O) groups is 2. The fourth-order valence-corrected chi connectivity index (χ4v) is 6.53. The van der Waals surface area contributed by atoms with Gasteiger partial charge in [0.15, 0.2) is 0 Å². The summed E-state index contributed by atoms with van der Waals surface area (Å²) < 4.78 is 26.8. The van der Waals surface area contributed by atoms with Gasteiger partial charge < -0.3 is 20.1 Å². The molecule has 0 radical (unpaired) electrons. The van der Waals surface area contributed by atoms with Crippen LogP contribution < -0.4 is 5.32 Å². The van der Waals surface area contributed by atoms with Gasteiger partial charge >= 0.3 is 13.8 Å². The summed E-state index contributed by atoms with van der Waals surface area (Å²) in [6, 6.07) is 0. The van der Waals surface area contributed by atoms with Crippen molar-refractivity contribution < 1.29 is 37.9 Å². The van der Waals surface area contributed by atoms with E-state index in [1.807, 2.05) is 0 Å². The number of carbonyl (C=O) groups excluding carboxylic acids is 2. The molecule has 9 nitrogen and oxygen atoms in total. The van der Waals surface area contributed by atoms with Gasteiger partial charge in [-0.1, -0.05) is 167 Å². The Labute approximate surface area is 307 Å². The Bertz CT molecular complexity index is 840. The van der Waals surface area contributed by atoms with Crippen LogP contribution in [0.2, 0.25) is 0 Å². The van der Waals surface area contributed by atoms with E-state index in [9.17, 15) is 24.2 Å². The highest BCUT2D eigenvalue weighted by Crippen LogP contribution is 2.42. The largest absolute Gasteiger partial charge is 0.472 e. The molecule has 0 fully saturated rings. The fraction of sp³-hybridized carbons (Fsp3) is 0.900. The molecule has 0 aliphatic heterocycles. The van der Waals surface area contributed by atoms with E-state index in [4.69, 9.17) is 13.8 Å². The third kappa shape index (κ3) is 38.0. The number of unbranched alkanes of at least 4 members (excludes halogenated alkanes) is 24. The van der Waals surface area contributed by atoms with Crippen molar-refractivity contribution in [2.24, 2.45) is 0 Å². The van der Waals surface area contributed by atoms with Crippen LogP contribution in [0, 0.1) is 0 Å². The number of esters is 1. The van der Waals surface area contributed by atoms with Gasteiger partial charge in [-0.15, -0.1) is 0 Å². The van der Waals surface area contributed by atoms with Crippen LogP contribution in [0.3, 0.4) is 0 Å². The van der Waals surface area contributed by atoms with Gasteiger partial charge in [0, 0.05) is 19.4 Å². The first-order valence-corrected chi connectivity index (χ1v) is 22.2.